The van der Waals surface area contributed by atoms with Gasteiger partial charge in [0, 0.05) is 29.8 Å². The van der Waals surface area contributed by atoms with Crippen molar-refractivity contribution < 1.29 is 22.4 Å². The minimum absolute atomic E-state index is 0.0404. The van der Waals surface area contributed by atoms with Gasteiger partial charge in [-0.15, -0.1) is 0 Å². The van der Waals surface area contributed by atoms with Gasteiger partial charge in [-0.3, -0.25) is 24.4 Å². The zero-order valence-electron chi connectivity index (χ0n) is 12.4. The molecule has 0 saturated heterocycles. The van der Waals surface area contributed by atoms with Gasteiger partial charge in [0.15, 0.2) is 0 Å². The summed E-state index contributed by atoms with van der Waals surface area (Å²) in [5, 5.41) is 21.9. The predicted molar refractivity (Wildman–Crippen MR) is 84.0 cm³/mol. The molecule has 10 heteroatoms. The molecule has 126 valence electrons. The van der Waals surface area contributed by atoms with Crippen LogP contribution in [0.3, 0.4) is 0 Å². The van der Waals surface area contributed by atoms with Crippen molar-refractivity contribution in [3.8, 4) is 11.1 Å². The van der Waals surface area contributed by atoms with Crippen molar-refractivity contribution in [2.75, 3.05) is 6.61 Å². The molecule has 0 spiro atoms. The van der Waals surface area contributed by atoms with E-state index in [2.05, 4.69) is 0 Å². The van der Waals surface area contributed by atoms with E-state index in [0.29, 0.717) is 0 Å². The Bertz CT molecular complexity index is 909. The van der Waals surface area contributed by atoms with Gasteiger partial charge in [-0.25, -0.2) is 0 Å². The molecule has 2 aromatic rings. The molecule has 0 saturated carbocycles. The molecular formula is C14H12N2O7S. The van der Waals surface area contributed by atoms with Crippen LogP contribution in [0.5, 0.6) is 0 Å². The van der Waals surface area contributed by atoms with Gasteiger partial charge in [0.25, 0.3) is 21.5 Å². The molecule has 2 aromatic carbocycles. The van der Waals surface area contributed by atoms with Crippen LogP contribution in [-0.4, -0.2) is 24.9 Å². The lowest BCUT2D eigenvalue weighted by Gasteiger charge is -2.10. The first-order valence-electron chi connectivity index (χ1n) is 6.69. The maximum Gasteiger partial charge on any atom is 0.297 e. The summed E-state index contributed by atoms with van der Waals surface area (Å²) in [5.74, 6) is 0. The monoisotopic (exact) mass is 352 g/mol. The summed E-state index contributed by atoms with van der Waals surface area (Å²) in [6, 6.07) is 8.30. The molecule has 0 radical (unpaired) electrons. The molecule has 0 atom stereocenters. The maximum atomic E-state index is 12.2. The average molecular weight is 352 g/mol. The quantitative estimate of drug-likeness (QED) is 0.444. The highest BCUT2D eigenvalue weighted by Gasteiger charge is 2.23. The van der Waals surface area contributed by atoms with E-state index < -0.39 is 20.0 Å². The Morgan fingerprint density at radius 1 is 1.00 bits per heavy atom. The van der Waals surface area contributed by atoms with E-state index in [1.807, 2.05) is 0 Å². The minimum Gasteiger partial charge on any atom is -0.267 e. The van der Waals surface area contributed by atoms with E-state index in [4.69, 9.17) is 4.18 Å². The van der Waals surface area contributed by atoms with Crippen molar-refractivity contribution in [2.45, 2.75) is 11.8 Å². The molecular weight excluding hydrogens is 340 g/mol. The zero-order valence-corrected chi connectivity index (χ0v) is 13.2. The van der Waals surface area contributed by atoms with Crippen molar-refractivity contribution in [1.82, 2.24) is 0 Å². The van der Waals surface area contributed by atoms with Crippen molar-refractivity contribution >= 4 is 21.5 Å². The first-order chi connectivity index (χ1) is 11.3. The van der Waals surface area contributed by atoms with Crippen molar-refractivity contribution in [2.24, 2.45) is 0 Å². The van der Waals surface area contributed by atoms with Gasteiger partial charge in [-0.05, 0) is 18.6 Å². The van der Waals surface area contributed by atoms with Gasteiger partial charge in [0.2, 0.25) is 0 Å². The molecule has 0 heterocycles. The molecule has 0 bridgehead atoms. The van der Waals surface area contributed by atoms with Gasteiger partial charge < -0.3 is 0 Å². The van der Waals surface area contributed by atoms with E-state index >= 15 is 0 Å². The zero-order chi connectivity index (χ0) is 17.9. The number of rotatable bonds is 6. The summed E-state index contributed by atoms with van der Waals surface area (Å²) in [6.45, 7) is 1.36. The number of hydrogen-bond donors (Lipinski definition) is 0. The molecule has 0 aromatic heterocycles. The smallest absolute Gasteiger partial charge is 0.267 e. The Kier molecular flexibility index (Phi) is 4.90. The Morgan fingerprint density at radius 3 is 2.21 bits per heavy atom. The highest BCUT2D eigenvalue weighted by molar-refractivity contribution is 7.87. The Morgan fingerprint density at radius 2 is 1.62 bits per heavy atom. The highest BCUT2D eigenvalue weighted by Crippen LogP contribution is 2.33. The summed E-state index contributed by atoms with van der Waals surface area (Å²) < 4.78 is 29.1. The van der Waals surface area contributed by atoms with Crippen LogP contribution in [0.4, 0.5) is 11.4 Å². The summed E-state index contributed by atoms with van der Waals surface area (Å²) in [5.41, 5.74) is -0.488. The maximum absolute atomic E-state index is 12.2. The lowest BCUT2D eigenvalue weighted by molar-refractivity contribution is -0.385. The second kappa shape index (κ2) is 6.72. The van der Waals surface area contributed by atoms with Gasteiger partial charge in [0.1, 0.15) is 4.90 Å². The standard InChI is InChI=1S/C14H12N2O7S/c1-2-23-24(21,22)14-7-6-12(16(19)20)9-13(14)10-4-3-5-11(8-10)15(17)18/h3-9H,2H2,1H3. The average Bonchev–Trinajstić information content (AvgIpc) is 2.54. The number of nitro groups is 2. The van der Waals surface area contributed by atoms with Crippen LogP contribution < -0.4 is 0 Å². The fourth-order valence-electron chi connectivity index (χ4n) is 2.08. The molecule has 0 aliphatic rings. The molecule has 0 aliphatic carbocycles. The summed E-state index contributed by atoms with van der Waals surface area (Å²) >= 11 is 0. The summed E-state index contributed by atoms with van der Waals surface area (Å²) in [4.78, 5) is 20.2. The fraction of sp³-hybridized carbons (Fsp3) is 0.143. The summed E-state index contributed by atoms with van der Waals surface area (Å²) in [7, 11) is -4.16. The molecule has 0 unspecified atom stereocenters. The number of non-ortho nitro benzene ring substituents is 2. The van der Waals surface area contributed by atoms with Gasteiger partial charge in [0.05, 0.1) is 16.5 Å². The third kappa shape index (κ3) is 3.55. The number of benzene rings is 2. The van der Waals surface area contributed by atoms with E-state index in [0.717, 1.165) is 24.3 Å². The Hall–Kier alpha value is -2.85. The van der Waals surface area contributed by atoms with Crippen LogP contribution in [0.25, 0.3) is 11.1 Å². The lowest BCUT2D eigenvalue weighted by Crippen LogP contribution is -2.08. The van der Waals surface area contributed by atoms with Gasteiger partial charge in [-0.2, -0.15) is 8.42 Å². The van der Waals surface area contributed by atoms with E-state index in [-0.39, 0.29) is 34.0 Å². The molecule has 0 aliphatic heterocycles. The van der Waals surface area contributed by atoms with Gasteiger partial charge in [-0.1, -0.05) is 12.1 Å². The molecule has 24 heavy (non-hydrogen) atoms. The molecule has 0 N–H and O–H groups in total. The fourth-order valence-corrected chi connectivity index (χ4v) is 3.20. The second-order valence-corrected chi connectivity index (χ2v) is 6.19. The SMILES string of the molecule is CCOS(=O)(=O)c1ccc([N+](=O)[O-])cc1-c1cccc([N+](=O)[O-])c1. The van der Waals surface area contributed by atoms with E-state index in [1.165, 1.54) is 25.1 Å². The number of nitrogens with zero attached hydrogens (tertiary/aromatic N) is 2. The van der Waals surface area contributed by atoms with Crippen molar-refractivity contribution in [1.29, 1.82) is 0 Å². The predicted octanol–water partition coefficient (Wildman–Crippen LogP) is 2.90. The number of nitro benzene ring substituents is 2. The van der Waals surface area contributed by atoms with Crippen LogP contribution in [0, 0.1) is 20.2 Å². The normalized spacial score (nSPS) is 11.2. The van der Waals surface area contributed by atoms with Crippen LogP contribution >= 0.6 is 0 Å². The van der Waals surface area contributed by atoms with Crippen molar-refractivity contribution in [3.05, 3.63) is 62.7 Å². The van der Waals surface area contributed by atoms with Crippen molar-refractivity contribution in [3.63, 3.8) is 0 Å². The molecule has 9 nitrogen and oxygen atoms in total. The Labute approximate surface area is 136 Å². The third-order valence-corrected chi connectivity index (χ3v) is 4.52. The van der Waals surface area contributed by atoms with Crippen LogP contribution in [0.15, 0.2) is 47.4 Å². The third-order valence-electron chi connectivity index (χ3n) is 3.08. The first-order valence-corrected chi connectivity index (χ1v) is 8.10. The van der Waals surface area contributed by atoms with Crippen LogP contribution in [0.2, 0.25) is 0 Å². The lowest BCUT2D eigenvalue weighted by atomic mass is 10.0. The number of hydrogen-bond acceptors (Lipinski definition) is 7. The van der Waals surface area contributed by atoms with Crippen LogP contribution in [0.1, 0.15) is 6.92 Å². The largest absolute Gasteiger partial charge is 0.297 e. The first kappa shape index (κ1) is 17.5. The molecule has 0 amide bonds. The van der Waals surface area contributed by atoms with E-state index in [1.54, 1.807) is 0 Å². The molecule has 2 rings (SSSR count). The minimum atomic E-state index is -4.16. The topological polar surface area (TPSA) is 130 Å². The van der Waals surface area contributed by atoms with Crippen LogP contribution in [-0.2, 0) is 14.3 Å². The summed E-state index contributed by atoms with van der Waals surface area (Å²) in [6.07, 6.45) is 0. The Balaban J connectivity index is 2.74. The van der Waals surface area contributed by atoms with E-state index in [9.17, 15) is 28.6 Å². The highest BCUT2D eigenvalue weighted by atomic mass is 32.2. The second-order valence-electron chi connectivity index (χ2n) is 4.61. The van der Waals surface area contributed by atoms with Gasteiger partial charge >= 0.3 is 0 Å². The molecule has 0 fully saturated rings.